The van der Waals surface area contributed by atoms with Crippen LogP contribution in [0.4, 0.5) is 17.1 Å². The third-order valence-electron chi connectivity index (χ3n) is 12.0. The van der Waals surface area contributed by atoms with Gasteiger partial charge in [0.05, 0.1) is 198 Å². The lowest BCUT2D eigenvalue weighted by Gasteiger charge is -2.26. The van der Waals surface area contributed by atoms with Gasteiger partial charge in [-0.3, -0.25) is 0 Å². The molecule has 2 rings (SSSR count). The topological polar surface area (TPSA) is 241 Å². The number of aliphatic hydroxyl groups is 2. The van der Waals surface area contributed by atoms with Crippen LogP contribution in [-0.4, -0.2) is 224 Å². The SMILES string of the molecule is C=CS(=O)(=O)c1cc(OC)c(N=Nc2ccc(N(CCOCC(C)OCC(C)OCC(C)OCC(C)OCC(C)OCC(C)O)CCOCC(C)OCC(C)OCC(C)OCC(C)OCC(C)OCC(C)OCC(C)O)cc2)cc1OC. The van der Waals surface area contributed by atoms with E-state index in [1.807, 2.05) is 100 Å². The molecule has 13 atom stereocenters. The van der Waals surface area contributed by atoms with Gasteiger partial charge in [-0.2, -0.15) is 5.11 Å². The lowest BCUT2D eigenvalue weighted by atomic mass is 10.2. The van der Waals surface area contributed by atoms with Gasteiger partial charge in [-0.1, -0.05) is 6.58 Å². The maximum Gasteiger partial charge on any atom is 0.203 e. The van der Waals surface area contributed by atoms with E-state index in [4.69, 9.17) is 71.1 Å². The zero-order chi connectivity index (χ0) is 61.0. The first-order valence-electron chi connectivity index (χ1n) is 28.6. The number of benzene rings is 2. The Morgan fingerprint density at radius 3 is 1.05 bits per heavy atom. The van der Waals surface area contributed by atoms with Gasteiger partial charge in [0.2, 0.25) is 9.84 Å². The summed E-state index contributed by atoms with van der Waals surface area (Å²) in [5.74, 6) is 0.284. The highest BCUT2D eigenvalue weighted by Crippen LogP contribution is 2.39. The fraction of sp³-hybridized carbons (Fsp3) is 0.763. The van der Waals surface area contributed by atoms with E-state index >= 15 is 0 Å². The summed E-state index contributed by atoms with van der Waals surface area (Å²) in [5, 5.41) is 28.4. The van der Waals surface area contributed by atoms with Gasteiger partial charge >= 0.3 is 0 Å². The molecule has 2 aromatic carbocycles. The van der Waals surface area contributed by atoms with Crippen LogP contribution in [0.1, 0.15) is 90.0 Å². The standard InChI is InChI=1S/C59H103N3O19S/c1-17-82(65,66)59-27-57(67-15)56(26-58(59)68-16)61-60-54-18-20-55(21-19-54)62(22-24-69-30-43(4)73-34-47(8)77-38-51(12)79-36-49(10)75-32-45(6)71-28-41(2)63)23-25-70-31-44(5)74-35-48(9)78-39-52(13)81-40-53(14)80-37-50(11)76-33-46(7)72-29-42(3)64/h17-21,26-27,41-53,63-64H,1,22-25,28-40H2,2-16H3. The predicted molar refractivity (Wildman–Crippen MR) is 314 cm³/mol. The van der Waals surface area contributed by atoms with Gasteiger partial charge in [-0.25, -0.2) is 8.42 Å². The first-order valence-corrected chi connectivity index (χ1v) is 30.2. The molecule has 0 saturated heterocycles. The monoisotopic (exact) mass is 1190 g/mol. The van der Waals surface area contributed by atoms with Crippen LogP contribution in [0.15, 0.2) is 63.5 Å². The van der Waals surface area contributed by atoms with E-state index in [0.717, 1.165) is 11.1 Å². The van der Waals surface area contributed by atoms with E-state index in [2.05, 4.69) is 21.7 Å². The third kappa shape index (κ3) is 33.9. The predicted octanol–water partition coefficient (Wildman–Crippen LogP) is 8.09. The number of sulfone groups is 1. The summed E-state index contributed by atoms with van der Waals surface area (Å²) >= 11 is 0. The van der Waals surface area contributed by atoms with Crippen molar-refractivity contribution >= 4 is 26.9 Å². The fourth-order valence-corrected chi connectivity index (χ4v) is 8.01. The molecule has 0 bridgehead atoms. The van der Waals surface area contributed by atoms with Crippen molar-refractivity contribution in [2.75, 3.05) is 131 Å². The van der Waals surface area contributed by atoms with Crippen LogP contribution in [0.2, 0.25) is 0 Å². The summed E-state index contributed by atoms with van der Waals surface area (Å²) in [7, 11) is -1.03. The zero-order valence-electron chi connectivity index (χ0n) is 51.9. The lowest BCUT2D eigenvalue weighted by molar-refractivity contribution is -0.106. The average Bonchev–Trinajstić information content (AvgIpc) is 3.64. The Morgan fingerprint density at radius 2 is 0.756 bits per heavy atom. The number of azo groups is 1. The Bertz CT molecular complexity index is 2110. The largest absolute Gasteiger partial charge is 0.495 e. The maximum absolute atomic E-state index is 12.6. The quantitative estimate of drug-likeness (QED) is 0.0470. The number of aliphatic hydroxyl groups excluding tert-OH is 2. The van der Waals surface area contributed by atoms with E-state index in [1.165, 1.54) is 26.4 Å². The normalized spacial score (nSPS) is 17.0. The molecule has 0 spiro atoms. The van der Waals surface area contributed by atoms with Crippen molar-refractivity contribution < 1.29 is 89.7 Å². The van der Waals surface area contributed by atoms with Crippen LogP contribution in [0, 0.1) is 0 Å². The number of hydrogen-bond donors (Lipinski definition) is 2. The van der Waals surface area contributed by atoms with Crippen molar-refractivity contribution in [1.29, 1.82) is 0 Å². The highest BCUT2D eigenvalue weighted by atomic mass is 32.2. The van der Waals surface area contributed by atoms with Gasteiger partial charge in [-0.15, -0.1) is 5.11 Å². The molecule has 0 saturated carbocycles. The number of rotatable bonds is 50. The van der Waals surface area contributed by atoms with Crippen LogP contribution in [0.3, 0.4) is 0 Å². The van der Waals surface area contributed by atoms with Gasteiger partial charge in [-0.05, 0) is 114 Å². The van der Waals surface area contributed by atoms with Gasteiger partial charge < -0.3 is 86.2 Å². The van der Waals surface area contributed by atoms with Crippen LogP contribution < -0.4 is 14.4 Å². The van der Waals surface area contributed by atoms with Crippen LogP contribution in [-0.2, 0) is 71.4 Å². The summed E-state index contributed by atoms with van der Waals surface area (Å²) < 4.78 is 113. The first kappa shape index (κ1) is 74.6. The van der Waals surface area contributed by atoms with Crippen LogP contribution in [0.25, 0.3) is 0 Å². The molecule has 0 aromatic heterocycles. The summed E-state index contributed by atoms with van der Waals surface area (Å²) in [4.78, 5) is 2.07. The van der Waals surface area contributed by atoms with E-state index in [1.54, 1.807) is 13.8 Å². The minimum atomic E-state index is -3.82. The molecule has 0 heterocycles. The Balaban J connectivity index is 1.90. The van der Waals surface area contributed by atoms with Crippen molar-refractivity contribution in [3.8, 4) is 11.5 Å². The van der Waals surface area contributed by atoms with Crippen LogP contribution in [0.5, 0.6) is 11.5 Å². The number of ether oxygens (including phenoxy) is 15. The summed E-state index contributed by atoms with van der Waals surface area (Å²) in [6, 6.07) is 10.3. The number of nitrogens with zero attached hydrogens (tertiary/aromatic N) is 3. The van der Waals surface area contributed by atoms with Crippen molar-refractivity contribution in [2.24, 2.45) is 10.2 Å². The zero-order valence-corrected chi connectivity index (χ0v) is 52.7. The summed E-state index contributed by atoms with van der Waals surface area (Å²) in [6.45, 7) is 35.1. The fourth-order valence-electron chi connectivity index (χ4n) is 7.14. The first-order chi connectivity index (χ1) is 38.9. The molecule has 0 radical (unpaired) electrons. The van der Waals surface area contributed by atoms with E-state index in [-0.39, 0.29) is 102 Å². The van der Waals surface area contributed by atoms with E-state index < -0.39 is 22.0 Å². The molecule has 0 amide bonds. The minimum absolute atomic E-state index is 0.0837. The Kier molecular flexibility index (Phi) is 38.6. The average molecular weight is 1190 g/mol. The van der Waals surface area contributed by atoms with Crippen molar-refractivity contribution in [3.05, 3.63) is 48.4 Å². The molecule has 22 nitrogen and oxygen atoms in total. The Labute approximate surface area is 490 Å². The summed E-state index contributed by atoms with van der Waals surface area (Å²) in [6.07, 6.45) is -2.64. The van der Waals surface area contributed by atoms with Crippen molar-refractivity contribution in [2.45, 2.75) is 174 Å². The molecular weight excluding hydrogens is 1090 g/mol. The van der Waals surface area contributed by atoms with Gasteiger partial charge in [0.15, 0.2) is 0 Å². The van der Waals surface area contributed by atoms with E-state index in [0.29, 0.717) is 105 Å². The summed E-state index contributed by atoms with van der Waals surface area (Å²) in [5.41, 5.74) is 1.74. The Hall–Kier alpha value is -3.47. The molecule has 0 aliphatic carbocycles. The van der Waals surface area contributed by atoms with Gasteiger partial charge in [0.1, 0.15) is 22.1 Å². The van der Waals surface area contributed by atoms with Crippen molar-refractivity contribution in [1.82, 2.24) is 0 Å². The second-order valence-electron chi connectivity index (χ2n) is 21.0. The molecule has 0 aliphatic rings. The number of anilines is 1. The number of methoxy groups -OCH3 is 2. The molecule has 13 unspecified atom stereocenters. The smallest absolute Gasteiger partial charge is 0.203 e. The van der Waals surface area contributed by atoms with Crippen molar-refractivity contribution in [3.63, 3.8) is 0 Å². The van der Waals surface area contributed by atoms with Gasteiger partial charge in [0, 0.05) is 36.3 Å². The molecule has 0 aliphatic heterocycles. The van der Waals surface area contributed by atoms with Crippen LogP contribution >= 0.6 is 0 Å². The molecular formula is C59H103N3O19S. The maximum atomic E-state index is 12.6. The second-order valence-corrected chi connectivity index (χ2v) is 22.9. The molecule has 2 N–H and O–H groups in total. The second kappa shape index (κ2) is 42.4. The molecule has 82 heavy (non-hydrogen) atoms. The third-order valence-corrected chi connectivity index (χ3v) is 13.3. The molecule has 2 aromatic rings. The molecule has 23 heteroatoms. The molecule has 474 valence electrons. The van der Waals surface area contributed by atoms with E-state index in [9.17, 15) is 18.6 Å². The lowest BCUT2D eigenvalue weighted by Crippen LogP contribution is -2.33. The van der Waals surface area contributed by atoms with Gasteiger partial charge in [0.25, 0.3) is 0 Å². The molecule has 0 fully saturated rings. The Morgan fingerprint density at radius 1 is 0.451 bits per heavy atom. The number of hydrogen-bond acceptors (Lipinski definition) is 22. The highest BCUT2D eigenvalue weighted by molar-refractivity contribution is 7.94. The highest BCUT2D eigenvalue weighted by Gasteiger charge is 2.22. The minimum Gasteiger partial charge on any atom is -0.495 e.